The smallest absolute Gasteiger partial charge is 0.328 e. The van der Waals surface area contributed by atoms with Crippen LogP contribution in [0.3, 0.4) is 0 Å². The number of nitrogens with zero attached hydrogens (tertiary/aromatic N) is 2. The molecule has 0 saturated heterocycles. The second-order valence-corrected chi connectivity index (χ2v) is 3.44. The van der Waals surface area contributed by atoms with Crippen molar-refractivity contribution < 1.29 is 0 Å². The molecule has 0 radical (unpaired) electrons. The summed E-state index contributed by atoms with van der Waals surface area (Å²) >= 11 is 3.96. The maximum absolute atomic E-state index is 11.6. The van der Waals surface area contributed by atoms with Crippen LogP contribution in [0.5, 0.6) is 0 Å². The minimum absolute atomic E-state index is 0.0173. The Hall–Kier alpha value is -1.36. The molecule has 2 rings (SSSR count). The summed E-state index contributed by atoms with van der Waals surface area (Å²) in [6.07, 6.45) is 0. The number of aromatic nitrogens is 2. The minimum atomic E-state index is -0.0173. The van der Waals surface area contributed by atoms with Gasteiger partial charge in [0.25, 0.3) is 0 Å². The van der Waals surface area contributed by atoms with Crippen LogP contribution in [0.1, 0.15) is 0 Å². The lowest BCUT2D eigenvalue weighted by Gasteiger charge is -1.99. The molecule has 0 aliphatic carbocycles. The first kappa shape index (κ1) is 9.21. The van der Waals surface area contributed by atoms with Crippen LogP contribution in [0.2, 0.25) is 0 Å². The standard InChI is InChI=1S/C9H11N3OS/c1-11-7-4-3-6(10-14)5-8(7)12(2)9(11)13/h3-5,10,14H,1-2H3. The van der Waals surface area contributed by atoms with Gasteiger partial charge in [0.05, 0.1) is 11.0 Å². The van der Waals surface area contributed by atoms with Crippen molar-refractivity contribution in [2.45, 2.75) is 0 Å². The van der Waals surface area contributed by atoms with Gasteiger partial charge < -0.3 is 4.72 Å². The van der Waals surface area contributed by atoms with Gasteiger partial charge in [0.2, 0.25) is 0 Å². The molecule has 0 fully saturated rings. The van der Waals surface area contributed by atoms with Gasteiger partial charge in [-0.15, -0.1) is 0 Å². The third-order valence-electron chi connectivity index (χ3n) is 2.40. The summed E-state index contributed by atoms with van der Waals surface area (Å²) in [5, 5.41) is 0. The first-order chi connectivity index (χ1) is 6.65. The molecule has 0 aliphatic heterocycles. The lowest BCUT2D eigenvalue weighted by atomic mass is 10.3. The van der Waals surface area contributed by atoms with Crippen molar-refractivity contribution in [3.63, 3.8) is 0 Å². The fraction of sp³-hybridized carbons (Fsp3) is 0.222. The summed E-state index contributed by atoms with van der Waals surface area (Å²) < 4.78 is 5.98. The van der Waals surface area contributed by atoms with Crippen molar-refractivity contribution in [1.29, 1.82) is 0 Å². The molecule has 14 heavy (non-hydrogen) atoms. The van der Waals surface area contributed by atoms with E-state index in [9.17, 15) is 4.79 Å². The van der Waals surface area contributed by atoms with Crippen LogP contribution in [-0.4, -0.2) is 9.13 Å². The summed E-state index contributed by atoms with van der Waals surface area (Å²) in [5.74, 6) is 0. The number of hydrogen-bond acceptors (Lipinski definition) is 3. The third kappa shape index (κ3) is 1.13. The number of aryl methyl sites for hydroxylation is 2. The number of anilines is 1. The lowest BCUT2D eigenvalue weighted by molar-refractivity contribution is 0.795. The largest absolute Gasteiger partial charge is 0.332 e. The molecular weight excluding hydrogens is 198 g/mol. The van der Waals surface area contributed by atoms with Crippen LogP contribution >= 0.6 is 12.8 Å². The lowest BCUT2D eigenvalue weighted by Crippen LogP contribution is -2.19. The van der Waals surface area contributed by atoms with E-state index in [-0.39, 0.29) is 5.69 Å². The minimum Gasteiger partial charge on any atom is -0.332 e. The number of imidazole rings is 1. The second kappa shape index (κ2) is 3.09. The average Bonchev–Trinajstić information content (AvgIpc) is 2.44. The highest BCUT2D eigenvalue weighted by atomic mass is 32.1. The maximum atomic E-state index is 11.6. The van der Waals surface area contributed by atoms with E-state index in [4.69, 9.17) is 0 Å². The monoisotopic (exact) mass is 209 g/mol. The normalized spacial score (nSPS) is 10.8. The van der Waals surface area contributed by atoms with Gasteiger partial charge >= 0.3 is 5.69 Å². The molecule has 0 bridgehead atoms. The van der Waals surface area contributed by atoms with E-state index in [2.05, 4.69) is 17.5 Å². The highest BCUT2D eigenvalue weighted by Gasteiger charge is 2.06. The second-order valence-electron chi connectivity index (χ2n) is 3.22. The van der Waals surface area contributed by atoms with Crippen molar-refractivity contribution >= 4 is 29.5 Å². The first-order valence-electron chi connectivity index (χ1n) is 4.20. The van der Waals surface area contributed by atoms with Crippen LogP contribution in [0.4, 0.5) is 5.69 Å². The van der Waals surface area contributed by atoms with Crippen LogP contribution in [0.25, 0.3) is 11.0 Å². The number of benzene rings is 1. The molecule has 0 saturated carbocycles. The molecule has 0 spiro atoms. The Morgan fingerprint density at radius 2 is 1.86 bits per heavy atom. The molecular formula is C9H11N3OS. The van der Waals surface area contributed by atoms with E-state index in [0.29, 0.717) is 0 Å². The summed E-state index contributed by atoms with van der Waals surface area (Å²) in [4.78, 5) is 11.6. The highest BCUT2D eigenvalue weighted by Crippen LogP contribution is 2.17. The molecule has 0 unspecified atom stereocenters. The van der Waals surface area contributed by atoms with Crippen molar-refractivity contribution in [2.24, 2.45) is 14.1 Å². The Morgan fingerprint density at radius 1 is 1.21 bits per heavy atom. The zero-order valence-electron chi connectivity index (χ0n) is 7.98. The molecule has 0 aliphatic rings. The van der Waals surface area contributed by atoms with Gasteiger partial charge in [-0.2, -0.15) is 0 Å². The molecule has 74 valence electrons. The molecule has 1 heterocycles. The number of nitrogens with one attached hydrogen (secondary N) is 1. The van der Waals surface area contributed by atoms with Gasteiger partial charge in [-0.05, 0) is 18.2 Å². The van der Waals surface area contributed by atoms with Gasteiger partial charge in [-0.25, -0.2) is 4.79 Å². The van der Waals surface area contributed by atoms with Gasteiger partial charge in [0, 0.05) is 19.8 Å². The van der Waals surface area contributed by atoms with Crippen molar-refractivity contribution in [1.82, 2.24) is 9.13 Å². The Bertz CT molecular complexity index is 541. The van der Waals surface area contributed by atoms with E-state index < -0.39 is 0 Å². The molecule has 4 nitrogen and oxygen atoms in total. The first-order valence-corrected chi connectivity index (χ1v) is 4.65. The molecule has 0 amide bonds. The highest BCUT2D eigenvalue weighted by molar-refractivity contribution is 7.81. The summed E-state index contributed by atoms with van der Waals surface area (Å²) in [5.41, 5.74) is 2.68. The Labute approximate surface area is 86.7 Å². The van der Waals surface area contributed by atoms with Crippen LogP contribution in [0, 0.1) is 0 Å². The van der Waals surface area contributed by atoms with E-state index in [0.717, 1.165) is 16.7 Å². The summed E-state index contributed by atoms with van der Waals surface area (Å²) in [7, 11) is 3.52. The zero-order valence-corrected chi connectivity index (χ0v) is 8.88. The van der Waals surface area contributed by atoms with E-state index in [1.54, 1.807) is 23.2 Å². The van der Waals surface area contributed by atoms with Gasteiger partial charge in [0.1, 0.15) is 0 Å². The Balaban J connectivity index is 2.89. The predicted molar refractivity (Wildman–Crippen MR) is 60.8 cm³/mol. The van der Waals surface area contributed by atoms with Crippen LogP contribution < -0.4 is 10.4 Å². The topological polar surface area (TPSA) is 39.0 Å². The number of fused-ring (bicyclic) bond motifs is 1. The molecule has 0 atom stereocenters. The summed E-state index contributed by atoms with van der Waals surface area (Å²) in [6.45, 7) is 0. The molecule has 2 aromatic rings. The molecule has 1 aromatic carbocycles. The molecule has 1 aromatic heterocycles. The quantitative estimate of drug-likeness (QED) is 0.691. The van der Waals surface area contributed by atoms with Gasteiger partial charge in [0.15, 0.2) is 0 Å². The molecule has 1 N–H and O–H groups in total. The number of rotatable bonds is 1. The zero-order chi connectivity index (χ0) is 10.3. The SMILES string of the molecule is Cn1c(=O)n(C)c2cc(NS)ccc21. The molecule has 5 heteroatoms. The fourth-order valence-corrected chi connectivity index (χ4v) is 1.72. The number of thiol groups is 1. The number of hydrogen-bond donors (Lipinski definition) is 2. The van der Waals surface area contributed by atoms with E-state index in [1.807, 2.05) is 18.2 Å². The van der Waals surface area contributed by atoms with Gasteiger partial charge in [-0.1, -0.05) is 12.8 Å². The van der Waals surface area contributed by atoms with Crippen molar-refractivity contribution in [3.8, 4) is 0 Å². The summed E-state index contributed by atoms with van der Waals surface area (Å²) in [6, 6.07) is 5.67. The van der Waals surface area contributed by atoms with Crippen molar-refractivity contribution in [2.75, 3.05) is 4.72 Å². The third-order valence-corrected chi connectivity index (χ3v) is 2.66. The van der Waals surface area contributed by atoms with Crippen LogP contribution in [-0.2, 0) is 14.1 Å². The van der Waals surface area contributed by atoms with Crippen LogP contribution in [0.15, 0.2) is 23.0 Å². The van der Waals surface area contributed by atoms with Gasteiger partial charge in [-0.3, -0.25) is 9.13 Å². The van der Waals surface area contributed by atoms with E-state index in [1.165, 1.54) is 0 Å². The maximum Gasteiger partial charge on any atom is 0.328 e. The van der Waals surface area contributed by atoms with E-state index >= 15 is 0 Å². The average molecular weight is 209 g/mol. The fourth-order valence-electron chi connectivity index (χ4n) is 1.58. The Morgan fingerprint density at radius 3 is 2.50 bits per heavy atom. The predicted octanol–water partition coefficient (Wildman–Crippen LogP) is 1.13. The Kier molecular flexibility index (Phi) is 2.03. The van der Waals surface area contributed by atoms with Crippen molar-refractivity contribution in [3.05, 3.63) is 28.7 Å².